The van der Waals surface area contributed by atoms with E-state index in [4.69, 9.17) is 4.74 Å². The summed E-state index contributed by atoms with van der Waals surface area (Å²) in [5, 5.41) is 7.04. The molecule has 8 heteroatoms. The third kappa shape index (κ3) is 5.18. The Morgan fingerprint density at radius 1 is 1.17 bits per heavy atom. The normalized spacial score (nSPS) is 11.8. The van der Waals surface area contributed by atoms with Gasteiger partial charge in [-0.2, -0.15) is 18.3 Å². The Labute approximate surface area is 173 Å². The van der Waals surface area contributed by atoms with Gasteiger partial charge in [0.25, 0.3) is 0 Å². The molecule has 160 valence electrons. The summed E-state index contributed by atoms with van der Waals surface area (Å²) in [4.78, 5) is 6.08. The summed E-state index contributed by atoms with van der Waals surface area (Å²) in [7, 11) is 1.98. The van der Waals surface area contributed by atoms with Crippen molar-refractivity contribution in [1.29, 1.82) is 0 Å². The largest absolute Gasteiger partial charge is 0.455 e. The highest BCUT2D eigenvalue weighted by Crippen LogP contribution is 2.40. The van der Waals surface area contributed by atoms with E-state index in [0.29, 0.717) is 29.0 Å². The maximum absolute atomic E-state index is 13.6. The molecule has 1 N–H and O–H groups in total. The molecule has 0 atom stereocenters. The molecule has 30 heavy (non-hydrogen) atoms. The lowest BCUT2D eigenvalue weighted by atomic mass is 9.97. The van der Waals surface area contributed by atoms with Crippen LogP contribution >= 0.6 is 0 Å². The molecule has 0 unspecified atom stereocenters. The molecule has 0 radical (unpaired) electrons. The summed E-state index contributed by atoms with van der Waals surface area (Å²) >= 11 is 0. The number of unbranched alkanes of at least 4 members (excludes halogenated alkanes) is 1. The van der Waals surface area contributed by atoms with Crippen LogP contribution in [0.5, 0.6) is 11.5 Å². The van der Waals surface area contributed by atoms with E-state index in [1.807, 2.05) is 7.05 Å². The molecule has 5 nitrogen and oxygen atoms in total. The number of ether oxygens (including phenoxy) is 1. The number of pyridine rings is 1. The number of rotatable bonds is 8. The molecule has 3 rings (SSSR count). The smallest absolute Gasteiger partial charge is 0.416 e. The zero-order valence-corrected chi connectivity index (χ0v) is 17.3. The van der Waals surface area contributed by atoms with Gasteiger partial charge in [0.1, 0.15) is 11.5 Å². The van der Waals surface area contributed by atoms with Gasteiger partial charge in [0.05, 0.1) is 23.7 Å². The van der Waals surface area contributed by atoms with Gasteiger partial charge >= 0.3 is 6.18 Å². The van der Waals surface area contributed by atoms with Gasteiger partial charge in [-0.25, -0.2) is 0 Å². The number of aromatic amines is 1. The summed E-state index contributed by atoms with van der Waals surface area (Å²) in [5.41, 5.74) is 1.68. The second kappa shape index (κ2) is 9.30. The minimum atomic E-state index is -4.50. The van der Waals surface area contributed by atoms with E-state index in [0.717, 1.165) is 37.2 Å². The number of nitrogens with one attached hydrogen (secondary N) is 1. The third-order valence-electron chi connectivity index (χ3n) is 4.88. The monoisotopic (exact) mass is 418 g/mol. The Morgan fingerprint density at radius 3 is 2.63 bits per heavy atom. The van der Waals surface area contributed by atoms with Crippen molar-refractivity contribution in [3.63, 3.8) is 0 Å². The number of hydrogen-bond acceptors (Lipinski definition) is 4. The van der Waals surface area contributed by atoms with Gasteiger partial charge < -0.3 is 9.64 Å². The second-order valence-corrected chi connectivity index (χ2v) is 7.29. The highest BCUT2D eigenvalue weighted by Gasteiger charge is 2.33. The number of halogens is 3. The molecule has 1 aromatic carbocycles. The van der Waals surface area contributed by atoms with Crippen molar-refractivity contribution >= 4 is 0 Å². The predicted molar refractivity (Wildman–Crippen MR) is 109 cm³/mol. The van der Waals surface area contributed by atoms with Crippen LogP contribution in [0, 0.1) is 6.92 Å². The lowest BCUT2D eigenvalue weighted by Gasteiger charge is -2.19. The maximum Gasteiger partial charge on any atom is 0.416 e. The third-order valence-corrected chi connectivity index (χ3v) is 4.88. The molecule has 2 aromatic heterocycles. The Morgan fingerprint density at radius 2 is 1.97 bits per heavy atom. The van der Waals surface area contributed by atoms with Gasteiger partial charge in [-0.3, -0.25) is 10.1 Å². The van der Waals surface area contributed by atoms with Gasteiger partial charge in [0.15, 0.2) is 0 Å². The predicted octanol–water partition coefficient (Wildman–Crippen LogP) is 5.82. The lowest BCUT2D eigenvalue weighted by Crippen LogP contribution is -2.19. The Kier molecular flexibility index (Phi) is 6.77. The average Bonchev–Trinajstić information content (AvgIpc) is 3.15. The molecule has 2 heterocycles. The van der Waals surface area contributed by atoms with Gasteiger partial charge in [-0.1, -0.05) is 13.3 Å². The molecule has 0 saturated heterocycles. The van der Waals surface area contributed by atoms with Crippen LogP contribution in [0.25, 0.3) is 11.1 Å². The summed E-state index contributed by atoms with van der Waals surface area (Å²) in [5.74, 6) is 0.511. The maximum atomic E-state index is 13.6. The first kappa shape index (κ1) is 21.8. The van der Waals surface area contributed by atoms with Crippen LogP contribution in [0.3, 0.4) is 0 Å². The van der Waals surface area contributed by atoms with E-state index in [9.17, 15) is 13.2 Å². The summed E-state index contributed by atoms with van der Waals surface area (Å²) < 4.78 is 46.6. The van der Waals surface area contributed by atoms with Crippen LogP contribution in [0.2, 0.25) is 0 Å². The van der Waals surface area contributed by atoms with Crippen molar-refractivity contribution in [3.8, 4) is 22.6 Å². The molecule has 3 aromatic rings. The quantitative estimate of drug-likeness (QED) is 0.501. The van der Waals surface area contributed by atoms with Crippen LogP contribution in [0.15, 0.2) is 42.9 Å². The van der Waals surface area contributed by atoms with Crippen molar-refractivity contribution in [2.75, 3.05) is 13.6 Å². The van der Waals surface area contributed by atoms with Crippen molar-refractivity contribution in [1.82, 2.24) is 20.1 Å². The molecule has 0 aliphatic carbocycles. The molecular weight excluding hydrogens is 393 g/mol. The first-order valence-corrected chi connectivity index (χ1v) is 9.80. The fraction of sp³-hybridized carbons (Fsp3) is 0.364. The standard InChI is InChI=1S/C22H25F3N4O/c1-4-5-9-29(3)14-20-19(13-27-28-20)18-10-16(22(23,24)25)11-21(15(18)2)30-17-7-6-8-26-12-17/h6-8,10-13H,4-5,9,14H2,1-3H3,(H,27,28). The zero-order chi connectivity index (χ0) is 21.7. The Bertz CT molecular complexity index is 970. The lowest BCUT2D eigenvalue weighted by molar-refractivity contribution is -0.137. The van der Waals surface area contributed by atoms with Gasteiger partial charge in [-0.05, 0) is 62.3 Å². The van der Waals surface area contributed by atoms with Crippen LogP contribution < -0.4 is 4.74 Å². The van der Waals surface area contributed by atoms with E-state index >= 15 is 0 Å². The minimum absolute atomic E-state index is 0.138. The van der Waals surface area contributed by atoms with Crippen LogP contribution in [0.1, 0.15) is 36.6 Å². The fourth-order valence-corrected chi connectivity index (χ4v) is 3.21. The van der Waals surface area contributed by atoms with Gasteiger partial charge in [0, 0.05) is 18.3 Å². The molecule has 0 amide bonds. The molecule has 0 aliphatic rings. The van der Waals surface area contributed by atoms with Crippen molar-refractivity contribution in [2.24, 2.45) is 0 Å². The number of benzene rings is 1. The zero-order valence-electron chi connectivity index (χ0n) is 17.3. The molecule has 0 aliphatic heterocycles. The molecule has 0 spiro atoms. The fourth-order valence-electron chi connectivity index (χ4n) is 3.21. The first-order chi connectivity index (χ1) is 14.3. The number of H-pyrrole nitrogens is 1. The topological polar surface area (TPSA) is 54.0 Å². The van der Waals surface area contributed by atoms with Crippen molar-refractivity contribution in [3.05, 3.63) is 59.7 Å². The van der Waals surface area contributed by atoms with E-state index in [-0.39, 0.29) is 5.75 Å². The summed E-state index contributed by atoms with van der Waals surface area (Å²) in [6, 6.07) is 5.50. The molecular formula is C22H25F3N4O. The first-order valence-electron chi connectivity index (χ1n) is 9.80. The molecule has 0 saturated carbocycles. The highest BCUT2D eigenvalue weighted by atomic mass is 19.4. The summed E-state index contributed by atoms with van der Waals surface area (Å²) in [6.07, 6.45) is 2.22. The van der Waals surface area contributed by atoms with E-state index < -0.39 is 11.7 Å². The second-order valence-electron chi connectivity index (χ2n) is 7.29. The number of nitrogens with zero attached hydrogens (tertiary/aromatic N) is 3. The van der Waals surface area contributed by atoms with Crippen molar-refractivity contribution < 1.29 is 17.9 Å². The van der Waals surface area contributed by atoms with E-state index in [2.05, 4.69) is 27.0 Å². The summed E-state index contributed by atoms with van der Waals surface area (Å²) in [6.45, 7) is 5.32. The highest BCUT2D eigenvalue weighted by molar-refractivity contribution is 5.72. The average molecular weight is 418 g/mol. The Balaban J connectivity index is 2.02. The SMILES string of the molecule is CCCCN(C)Cc1[nH]ncc1-c1cc(C(F)(F)F)cc(Oc2cccnc2)c1C. The number of aromatic nitrogens is 3. The molecule has 0 bridgehead atoms. The van der Waals surface area contributed by atoms with Gasteiger partial charge in [-0.15, -0.1) is 0 Å². The van der Waals surface area contributed by atoms with E-state index in [1.54, 1.807) is 31.5 Å². The molecule has 0 fully saturated rings. The van der Waals surface area contributed by atoms with Crippen LogP contribution in [-0.4, -0.2) is 33.7 Å². The van der Waals surface area contributed by atoms with Crippen LogP contribution in [-0.2, 0) is 12.7 Å². The van der Waals surface area contributed by atoms with E-state index in [1.165, 1.54) is 6.20 Å². The van der Waals surface area contributed by atoms with Crippen LogP contribution in [0.4, 0.5) is 13.2 Å². The van der Waals surface area contributed by atoms with Crippen molar-refractivity contribution in [2.45, 2.75) is 39.4 Å². The number of alkyl halides is 3. The number of hydrogen-bond donors (Lipinski definition) is 1. The van der Waals surface area contributed by atoms with Gasteiger partial charge in [0.2, 0.25) is 0 Å². The Hall–Kier alpha value is -2.87. The minimum Gasteiger partial charge on any atom is -0.455 e.